The van der Waals surface area contributed by atoms with Crippen molar-refractivity contribution in [3.8, 4) is 22.5 Å². The normalized spacial score (nSPS) is 10.5. The summed E-state index contributed by atoms with van der Waals surface area (Å²) in [6, 6.07) is 12.7. The number of benzene rings is 2. The summed E-state index contributed by atoms with van der Waals surface area (Å²) in [6.07, 6.45) is 0. The molecular formula is C16H15N5O2. The lowest BCUT2D eigenvalue weighted by Crippen LogP contribution is -2.04. The van der Waals surface area contributed by atoms with Crippen LogP contribution in [0.5, 0.6) is 0 Å². The number of hydrogen-bond acceptors (Lipinski definition) is 6. The average Bonchev–Trinajstić information content (AvgIpc) is 3.09. The number of nitrogen functional groups attached to an aromatic ring is 1. The van der Waals surface area contributed by atoms with E-state index in [9.17, 15) is 4.79 Å². The van der Waals surface area contributed by atoms with Crippen molar-refractivity contribution in [1.29, 1.82) is 0 Å². The molecule has 7 heteroatoms. The molecule has 0 atom stereocenters. The third-order valence-corrected chi connectivity index (χ3v) is 3.28. The maximum Gasteiger partial charge on any atom is 0.338 e. The van der Waals surface area contributed by atoms with Crippen molar-refractivity contribution in [2.75, 3.05) is 12.3 Å². The first kappa shape index (κ1) is 14.7. The van der Waals surface area contributed by atoms with E-state index >= 15 is 0 Å². The standard InChI is InChI=1S/C16H15N5O2/c1-2-23-16(22)11-5-3-4-10(6-11)12-7-13(9-14(17)8-12)15-18-20-21-19-15/h3-9H,2,17H2,1H3,(H,18,19,20,21). The van der Waals surface area contributed by atoms with Crippen LogP contribution in [0.2, 0.25) is 0 Å². The predicted molar refractivity (Wildman–Crippen MR) is 85.4 cm³/mol. The topological polar surface area (TPSA) is 107 Å². The van der Waals surface area contributed by atoms with E-state index in [4.69, 9.17) is 10.5 Å². The van der Waals surface area contributed by atoms with Crippen LogP contribution in [-0.2, 0) is 4.74 Å². The van der Waals surface area contributed by atoms with Crippen LogP contribution in [-0.4, -0.2) is 33.2 Å². The van der Waals surface area contributed by atoms with E-state index in [2.05, 4.69) is 20.6 Å². The van der Waals surface area contributed by atoms with E-state index in [0.717, 1.165) is 16.7 Å². The lowest BCUT2D eigenvalue weighted by atomic mass is 10.00. The second-order valence-corrected chi connectivity index (χ2v) is 4.89. The summed E-state index contributed by atoms with van der Waals surface area (Å²) in [7, 11) is 0. The van der Waals surface area contributed by atoms with Crippen molar-refractivity contribution in [2.45, 2.75) is 6.92 Å². The molecule has 0 aliphatic heterocycles. The summed E-state index contributed by atoms with van der Waals surface area (Å²) in [5.74, 6) is 0.179. The second-order valence-electron chi connectivity index (χ2n) is 4.89. The average molecular weight is 309 g/mol. The number of aromatic amines is 1. The molecule has 0 spiro atoms. The summed E-state index contributed by atoms with van der Waals surface area (Å²) >= 11 is 0. The van der Waals surface area contributed by atoms with Gasteiger partial charge < -0.3 is 10.5 Å². The molecule has 0 unspecified atom stereocenters. The van der Waals surface area contributed by atoms with Gasteiger partial charge in [0.25, 0.3) is 0 Å². The van der Waals surface area contributed by atoms with Gasteiger partial charge >= 0.3 is 5.97 Å². The highest BCUT2D eigenvalue weighted by atomic mass is 16.5. The Bertz CT molecular complexity index is 830. The molecular weight excluding hydrogens is 294 g/mol. The Labute approximate surface area is 132 Å². The zero-order valence-corrected chi connectivity index (χ0v) is 12.5. The molecule has 0 saturated carbocycles. The molecule has 2 aromatic carbocycles. The van der Waals surface area contributed by atoms with Crippen LogP contribution in [0.1, 0.15) is 17.3 Å². The molecule has 3 rings (SSSR count). The number of anilines is 1. The number of nitrogens with zero attached hydrogens (tertiary/aromatic N) is 3. The van der Waals surface area contributed by atoms with Gasteiger partial charge in [-0.3, -0.25) is 0 Å². The third-order valence-electron chi connectivity index (χ3n) is 3.28. The molecule has 0 aliphatic rings. The zero-order valence-electron chi connectivity index (χ0n) is 12.5. The van der Waals surface area contributed by atoms with Gasteiger partial charge in [-0.2, -0.15) is 0 Å². The number of esters is 1. The Morgan fingerprint density at radius 3 is 2.74 bits per heavy atom. The van der Waals surface area contributed by atoms with Gasteiger partial charge in [0.1, 0.15) is 0 Å². The molecule has 0 amide bonds. The van der Waals surface area contributed by atoms with Crippen LogP contribution in [0.4, 0.5) is 5.69 Å². The Balaban J connectivity index is 2.02. The number of H-pyrrole nitrogens is 1. The maximum atomic E-state index is 11.9. The Hall–Kier alpha value is -3.22. The van der Waals surface area contributed by atoms with Crippen LogP contribution in [0.3, 0.4) is 0 Å². The summed E-state index contributed by atoms with van der Waals surface area (Å²) in [4.78, 5) is 11.9. The van der Waals surface area contributed by atoms with Gasteiger partial charge in [0.05, 0.1) is 12.2 Å². The molecule has 0 saturated heterocycles. The van der Waals surface area contributed by atoms with Gasteiger partial charge in [-0.1, -0.05) is 12.1 Å². The number of hydrogen-bond donors (Lipinski definition) is 2. The predicted octanol–water partition coefficient (Wildman–Crippen LogP) is 2.29. The number of tetrazole rings is 1. The molecule has 3 aromatic rings. The number of rotatable bonds is 4. The van der Waals surface area contributed by atoms with Gasteiger partial charge in [-0.05, 0) is 58.8 Å². The molecule has 0 aliphatic carbocycles. The summed E-state index contributed by atoms with van der Waals surface area (Å²) in [6.45, 7) is 2.11. The van der Waals surface area contributed by atoms with Gasteiger partial charge in [-0.15, -0.1) is 5.10 Å². The summed E-state index contributed by atoms with van der Waals surface area (Å²) in [5, 5.41) is 13.7. The summed E-state index contributed by atoms with van der Waals surface area (Å²) in [5.41, 5.74) is 9.54. The molecule has 1 aromatic heterocycles. The zero-order chi connectivity index (χ0) is 16.2. The number of carbonyl (C=O) groups excluding carboxylic acids is 1. The first-order valence-electron chi connectivity index (χ1n) is 7.09. The van der Waals surface area contributed by atoms with Crippen molar-refractivity contribution in [1.82, 2.24) is 20.6 Å². The fraction of sp³-hybridized carbons (Fsp3) is 0.125. The first-order chi connectivity index (χ1) is 11.2. The first-order valence-corrected chi connectivity index (χ1v) is 7.09. The van der Waals surface area contributed by atoms with Crippen LogP contribution < -0.4 is 5.73 Å². The van der Waals surface area contributed by atoms with Gasteiger partial charge in [0.2, 0.25) is 0 Å². The third kappa shape index (κ3) is 3.18. The van der Waals surface area contributed by atoms with Crippen LogP contribution in [0.15, 0.2) is 42.5 Å². The van der Waals surface area contributed by atoms with Crippen molar-refractivity contribution in [3.63, 3.8) is 0 Å². The molecule has 116 valence electrons. The molecule has 0 fully saturated rings. The van der Waals surface area contributed by atoms with Crippen molar-refractivity contribution >= 4 is 11.7 Å². The molecule has 0 radical (unpaired) electrons. The fourth-order valence-electron chi connectivity index (χ4n) is 2.28. The quantitative estimate of drug-likeness (QED) is 0.565. The van der Waals surface area contributed by atoms with E-state index in [0.29, 0.717) is 23.7 Å². The minimum absolute atomic E-state index is 0.337. The van der Waals surface area contributed by atoms with Crippen LogP contribution in [0, 0.1) is 0 Å². The Morgan fingerprint density at radius 1 is 1.17 bits per heavy atom. The molecule has 23 heavy (non-hydrogen) atoms. The van der Waals surface area contributed by atoms with E-state index in [-0.39, 0.29) is 5.97 Å². The Kier molecular flexibility index (Phi) is 4.01. The fourth-order valence-corrected chi connectivity index (χ4v) is 2.28. The van der Waals surface area contributed by atoms with Crippen molar-refractivity contribution < 1.29 is 9.53 Å². The van der Waals surface area contributed by atoms with E-state index in [1.807, 2.05) is 18.2 Å². The van der Waals surface area contributed by atoms with Gasteiger partial charge in [-0.25, -0.2) is 9.89 Å². The number of aromatic nitrogens is 4. The maximum absolute atomic E-state index is 11.9. The monoisotopic (exact) mass is 309 g/mol. The highest BCUT2D eigenvalue weighted by Crippen LogP contribution is 2.28. The lowest BCUT2D eigenvalue weighted by molar-refractivity contribution is 0.0526. The highest BCUT2D eigenvalue weighted by Gasteiger charge is 2.10. The number of nitrogens with one attached hydrogen (secondary N) is 1. The largest absolute Gasteiger partial charge is 0.462 e. The lowest BCUT2D eigenvalue weighted by Gasteiger charge is -2.08. The van der Waals surface area contributed by atoms with Gasteiger partial charge in [0.15, 0.2) is 5.82 Å². The molecule has 1 heterocycles. The van der Waals surface area contributed by atoms with E-state index in [1.165, 1.54) is 0 Å². The van der Waals surface area contributed by atoms with Crippen molar-refractivity contribution in [3.05, 3.63) is 48.0 Å². The Morgan fingerprint density at radius 2 is 2.00 bits per heavy atom. The number of ether oxygens (including phenoxy) is 1. The van der Waals surface area contributed by atoms with Crippen LogP contribution in [0.25, 0.3) is 22.5 Å². The minimum atomic E-state index is -0.349. The van der Waals surface area contributed by atoms with Crippen molar-refractivity contribution in [2.24, 2.45) is 0 Å². The SMILES string of the molecule is CCOC(=O)c1cccc(-c2cc(N)cc(-c3nnn[nH]3)c2)c1. The molecule has 7 nitrogen and oxygen atoms in total. The highest BCUT2D eigenvalue weighted by molar-refractivity contribution is 5.91. The number of nitrogens with two attached hydrogens (primary N) is 1. The summed E-state index contributed by atoms with van der Waals surface area (Å²) < 4.78 is 5.03. The van der Waals surface area contributed by atoms with E-state index < -0.39 is 0 Å². The number of carbonyl (C=O) groups is 1. The minimum Gasteiger partial charge on any atom is -0.462 e. The molecule has 0 bridgehead atoms. The van der Waals surface area contributed by atoms with Crippen LogP contribution >= 0.6 is 0 Å². The van der Waals surface area contributed by atoms with Gasteiger partial charge in [0, 0.05) is 11.3 Å². The van der Waals surface area contributed by atoms with E-state index in [1.54, 1.807) is 31.2 Å². The second kappa shape index (κ2) is 6.27. The molecule has 3 N–H and O–H groups in total. The smallest absolute Gasteiger partial charge is 0.338 e.